The van der Waals surface area contributed by atoms with Crippen molar-refractivity contribution >= 4 is 56.5 Å². The second-order valence-electron chi connectivity index (χ2n) is 7.69. The molecule has 0 heterocycles. The Hall–Kier alpha value is -3.47. The maximum Gasteiger partial charge on any atom is 0.340 e. The highest BCUT2D eigenvalue weighted by Gasteiger charge is 2.30. The molecule has 37 heavy (non-hydrogen) atoms. The summed E-state index contributed by atoms with van der Waals surface area (Å²) in [6.45, 7) is 1.13. The molecule has 0 atom stereocenters. The molecule has 1 N–H and O–H groups in total. The SMILES string of the molecule is COC(=O)c1cc(OC)c(OC)cc1NC(=O)CN(c1cccc(Cl)c1Cl)S(=O)(=O)c1ccc(C)cc1. The molecule has 0 aromatic heterocycles. The van der Waals surface area contributed by atoms with Crippen LogP contribution in [0.15, 0.2) is 59.5 Å². The smallest absolute Gasteiger partial charge is 0.340 e. The number of sulfonamides is 1. The third-order valence-corrected chi connectivity index (χ3v) is 7.88. The largest absolute Gasteiger partial charge is 0.493 e. The number of benzene rings is 3. The molecule has 3 aromatic rings. The second kappa shape index (κ2) is 11.7. The van der Waals surface area contributed by atoms with Crippen LogP contribution in [0.3, 0.4) is 0 Å². The molecule has 0 radical (unpaired) electrons. The minimum absolute atomic E-state index is 0.00499. The summed E-state index contributed by atoms with van der Waals surface area (Å²) in [7, 11) is -0.301. The number of carbonyl (C=O) groups excluding carboxylic acids is 2. The molecule has 196 valence electrons. The van der Waals surface area contributed by atoms with Crippen molar-refractivity contribution in [3.63, 3.8) is 0 Å². The molecule has 12 heteroatoms. The fourth-order valence-corrected chi connectivity index (χ4v) is 5.28. The first kappa shape index (κ1) is 28.1. The van der Waals surface area contributed by atoms with Gasteiger partial charge in [-0.15, -0.1) is 0 Å². The lowest BCUT2D eigenvalue weighted by atomic mass is 10.1. The van der Waals surface area contributed by atoms with E-state index in [4.69, 9.17) is 37.4 Å². The van der Waals surface area contributed by atoms with Crippen LogP contribution in [0.5, 0.6) is 11.5 Å². The molecular weight excluding hydrogens is 543 g/mol. The molecule has 3 rings (SSSR count). The average Bonchev–Trinajstić information content (AvgIpc) is 2.88. The van der Waals surface area contributed by atoms with Gasteiger partial charge in [0.25, 0.3) is 10.0 Å². The number of hydrogen-bond donors (Lipinski definition) is 1. The van der Waals surface area contributed by atoms with Gasteiger partial charge >= 0.3 is 5.97 Å². The number of anilines is 2. The van der Waals surface area contributed by atoms with Gasteiger partial charge in [-0.25, -0.2) is 13.2 Å². The zero-order valence-electron chi connectivity index (χ0n) is 20.4. The summed E-state index contributed by atoms with van der Waals surface area (Å²) in [5.41, 5.74) is 0.861. The number of aryl methyl sites for hydroxylation is 1. The van der Waals surface area contributed by atoms with E-state index in [2.05, 4.69) is 5.32 Å². The van der Waals surface area contributed by atoms with Crippen molar-refractivity contribution < 1.29 is 32.2 Å². The topological polar surface area (TPSA) is 111 Å². The first-order chi connectivity index (χ1) is 17.5. The second-order valence-corrected chi connectivity index (χ2v) is 10.3. The Labute approximate surface area is 224 Å². The van der Waals surface area contributed by atoms with Crippen molar-refractivity contribution in [2.75, 3.05) is 37.5 Å². The number of nitrogens with zero attached hydrogens (tertiary/aromatic N) is 1. The molecule has 0 bridgehead atoms. The molecular formula is C25H24Cl2N2O7S. The zero-order valence-corrected chi connectivity index (χ0v) is 22.7. The van der Waals surface area contributed by atoms with Crippen LogP contribution in [-0.4, -0.2) is 48.2 Å². The molecule has 0 aliphatic rings. The van der Waals surface area contributed by atoms with Gasteiger partial charge in [0.2, 0.25) is 5.91 Å². The summed E-state index contributed by atoms with van der Waals surface area (Å²) >= 11 is 12.5. The number of nitrogens with one attached hydrogen (secondary N) is 1. The van der Waals surface area contributed by atoms with E-state index < -0.39 is 28.4 Å². The van der Waals surface area contributed by atoms with Gasteiger partial charge in [0.15, 0.2) is 11.5 Å². The Morgan fingerprint density at radius 2 is 1.57 bits per heavy atom. The zero-order chi connectivity index (χ0) is 27.3. The van der Waals surface area contributed by atoms with Crippen LogP contribution in [0.4, 0.5) is 11.4 Å². The van der Waals surface area contributed by atoms with Gasteiger partial charge in [-0.05, 0) is 31.2 Å². The highest BCUT2D eigenvalue weighted by atomic mass is 35.5. The van der Waals surface area contributed by atoms with E-state index in [9.17, 15) is 18.0 Å². The van der Waals surface area contributed by atoms with E-state index in [-0.39, 0.29) is 43.4 Å². The van der Waals surface area contributed by atoms with Gasteiger partial charge < -0.3 is 19.5 Å². The molecule has 0 aliphatic carbocycles. The van der Waals surface area contributed by atoms with E-state index in [0.29, 0.717) is 0 Å². The quantitative estimate of drug-likeness (QED) is 0.365. The van der Waals surface area contributed by atoms with Crippen molar-refractivity contribution in [2.24, 2.45) is 0 Å². The lowest BCUT2D eigenvalue weighted by Gasteiger charge is -2.25. The van der Waals surface area contributed by atoms with Gasteiger partial charge in [-0.1, -0.05) is 47.0 Å². The van der Waals surface area contributed by atoms with Gasteiger partial charge in [-0.3, -0.25) is 9.10 Å². The minimum atomic E-state index is -4.26. The summed E-state index contributed by atoms with van der Waals surface area (Å²) in [6, 6.07) is 13.3. The fraction of sp³-hybridized carbons (Fsp3) is 0.200. The van der Waals surface area contributed by atoms with Crippen molar-refractivity contribution in [1.29, 1.82) is 0 Å². The molecule has 0 aliphatic heterocycles. The Kier molecular flexibility index (Phi) is 8.90. The molecule has 3 aromatic carbocycles. The molecule has 0 saturated heterocycles. The molecule has 0 fully saturated rings. The number of carbonyl (C=O) groups is 2. The Bertz CT molecular complexity index is 1430. The number of methoxy groups -OCH3 is 3. The van der Waals surface area contributed by atoms with Crippen molar-refractivity contribution in [1.82, 2.24) is 0 Å². The maximum atomic E-state index is 13.6. The van der Waals surface area contributed by atoms with Crippen LogP contribution in [0.2, 0.25) is 10.0 Å². The van der Waals surface area contributed by atoms with Crippen molar-refractivity contribution in [3.8, 4) is 11.5 Å². The normalized spacial score (nSPS) is 11.0. The number of ether oxygens (including phenoxy) is 3. The first-order valence-electron chi connectivity index (χ1n) is 10.7. The number of rotatable bonds is 9. The minimum Gasteiger partial charge on any atom is -0.493 e. The summed E-state index contributed by atoms with van der Waals surface area (Å²) in [6.07, 6.45) is 0. The van der Waals surface area contributed by atoms with Gasteiger partial charge in [-0.2, -0.15) is 0 Å². The highest BCUT2D eigenvalue weighted by Crippen LogP contribution is 2.36. The monoisotopic (exact) mass is 566 g/mol. The fourth-order valence-electron chi connectivity index (χ4n) is 3.40. The van der Waals surface area contributed by atoms with Crippen LogP contribution in [0.1, 0.15) is 15.9 Å². The first-order valence-corrected chi connectivity index (χ1v) is 12.9. The lowest BCUT2D eigenvalue weighted by molar-refractivity contribution is -0.114. The summed E-state index contributed by atoms with van der Waals surface area (Å²) in [5.74, 6) is -1.06. The van der Waals surface area contributed by atoms with Crippen LogP contribution >= 0.6 is 23.2 Å². The van der Waals surface area contributed by atoms with Crippen LogP contribution < -0.4 is 19.1 Å². The van der Waals surface area contributed by atoms with Gasteiger partial charge in [0.1, 0.15) is 6.54 Å². The van der Waals surface area contributed by atoms with E-state index in [0.717, 1.165) is 9.87 Å². The number of esters is 1. The van der Waals surface area contributed by atoms with E-state index in [1.165, 1.54) is 63.8 Å². The van der Waals surface area contributed by atoms with Crippen molar-refractivity contribution in [2.45, 2.75) is 11.8 Å². The van der Waals surface area contributed by atoms with E-state index in [1.54, 1.807) is 12.1 Å². The van der Waals surface area contributed by atoms with Crippen LogP contribution in [0, 0.1) is 6.92 Å². The Balaban J connectivity index is 2.06. The summed E-state index contributed by atoms with van der Waals surface area (Å²) in [4.78, 5) is 25.5. The lowest BCUT2D eigenvalue weighted by Crippen LogP contribution is -2.38. The van der Waals surface area contributed by atoms with E-state index in [1.807, 2.05) is 6.92 Å². The Morgan fingerprint density at radius 3 is 2.16 bits per heavy atom. The van der Waals surface area contributed by atoms with Gasteiger partial charge in [0, 0.05) is 12.1 Å². The van der Waals surface area contributed by atoms with Crippen LogP contribution in [-0.2, 0) is 19.6 Å². The summed E-state index contributed by atoms with van der Waals surface area (Å²) < 4.78 is 43.4. The third kappa shape index (κ3) is 6.10. The van der Waals surface area contributed by atoms with E-state index >= 15 is 0 Å². The predicted molar refractivity (Wildman–Crippen MR) is 142 cm³/mol. The number of hydrogen-bond acceptors (Lipinski definition) is 7. The number of amides is 1. The Morgan fingerprint density at radius 1 is 0.946 bits per heavy atom. The molecule has 9 nitrogen and oxygen atoms in total. The maximum absolute atomic E-state index is 13.6. The molecule has 0 unspecified atom stereocenters. The van der Waals surface area contributed by atoms with Crippen LogP contribution in [0.25, 0.3) is 0 Å². The summed E-state index contributed by atoms with van der Waals surface area (Å²) in [5, 5.41) is 2.62. The van der Waals surface area contributed by atoms with Crippen molar-refractivity contribution in [3.05, 3.63) is 75.8 Å². The molecule has 0 spiro atoms. The number of halogens is 2. The molecule has 0 saturated carbocycles. The average molecular weight is 567 g/mol. The predicted octanol–water partition coefficient (Wildman–Crippen LogP) is 4.94. The highest BCUT2D eigenvalue weighted by molar-refractivity contribution is 7.92. The third-order valence-electron chi connectivity index (χ3n) is 5.30. The molecule has 1 amide bonds. The standard InChI is InChI=1S/C25H24Cl2N2O7S/c1-15-8-10-16(11-9-15)37(32,33)29(20-7-5-6-18(26)24(20)27)14-23(30)28-19-13-22(35-3)21(34-2)12-17(19)25(31)36-4/h5-13H,14H2,1-4H3,(H,28,30). The van der Waals surface area contributed by atoms with Gasteiger partial charge in [0.05, 0.1) is 53.2 Å².